The Morgan fingerprint density at radius 2 is 1.78 bits per heavy atom. The van der Waals surface area contributed by atoms with E-state index in [1.165, 1.54) is 12.8 Å². The summed E-state index contributed by atoms with van der Waals surface area (Å²) in [5, 5.41) is 10.6. The zero-order valence-corrected chi connectivity index (χ0v) is 15.8. The summed E-state index contributed by atoms with van der Waals surface area (Å²) < 4.78 is 0. The molecule has 140 valence electrons. The minimum Gasteiger partial charge on any atom is -0.508 e. The third-order valence-corrected chi connectivity index (χ3v) is 6.90. The van der Waals surface area contributed by atoms with Gasteiger partial charge in [0.15, 0.2) is 0 Å². The maximum atomic E-state index is 13.3. The first-order valence-electron chi connectivity index (χ1n) is 9.71. The van der Waals surface area contributed by atoms with E-state index in [1.807, 2.05) is 24.3 Å². The number of aromatic hydroxyl groups is 1. The molecular weight excluding hydrogens is 360 g/mol. The second-order valence-corrected chi connectivity index (χ2v) is 8.46. The van der Waals surface area contributed by atoms with Gasteiger partial charge in [-0.2, -0.15) is 0 Å². The minimum absolute atomic E-state index is 0.0954. The molecule has 0 aromatic heterocycles. The van der Waals surface area contributed by atoms with Gasteiger partial charge in [0.05, 0.1) is 6.04 Å². The van der Waals surface area contributed by atoms with Gasteiger partial charge in [0.2, 0.25) is 0 Å². The zero-order valence-electron chi connectivity index (χ0n) is 15.1. The monoisotopic (exact) mass is 382 g/mol. The Balaban J connectivity index is 1.52. The van der Waals surface area contributed by atoms with Gasteiger partial charge in [0.25, 0.3) is 5.91 Å². The third kappa shape index (κ3) is 2.82. The van der Waals surface area contributed by atoms with Gasteiger partial charge >= 0.3 is 0 Å². The lowest BCUT2D eigenvalue weighted by atomic mass is 9.75. The molecule has 0 unspecified atom stereocenters. The molecule has 0 radical (unpaired) electrons. The normalized spacial score (nSPS) is 31.7. The Hall–Kier alpha value is -2.04. The summed E-state index contributed by atoms with van der Waals surface area (Å²) >= 11 is 6.00. The van der Waals surface area contributed by atoms with E-state index < -0.39 is 0 Å². The predicted molar refractivity (Wildman–Crippen MR) is 105 cm³/mol. The van der Waals surface area contributed by atoms with Crippen LogP contribution in [0.2, 0.25) is 5.02 Å². The number of nitrogens with zero attached hydrogens (tertiary/aromatic N) is 2. The van der Waals surface area contributed by atoms with Crippen molar-refractivity contribution in [2.24, 2.45) is 5.92 Å². The van der Waals surface area contributed by atoms with Gasteiger partial charge in [0.1, 0.15) is 5.75 Å². The Morgan fingerprint density at radius 3 is 2.48 bits per heavy atom. The van der Waals surface area contributed by atoms with E-state index in [-0.39, 0.29) is 17.9 Å². The average molecular weight is 383 g/mol. The number of amides is 1. The number of rotatable bonds is 2. The van der Waals surface area contributed by atoms with Crippen LogP contribution < -0.4 is 0 Å². The average Bonchev–Trinajstić information content (AvgIpc) is 3.12. The first-order valence-corrected chi connectivity index (χ1v) is 10.1. The van der Waals surface area contributed by atoms with Gasteiger partial charge in [-0.25, -0.2) is 0 Å². The van der Waals surface area contributed by atoms with Crippen LogP contribution in [-0.4, -0.2) is 52.5 Å². The van der Waals surface area contributed by atoms with E-state index in [0.717, 1.165) is 18.7 Å². The van der Waals surface area contributed by atoms with Crippen LogP contribution in [0.25, 0.3) is 0 Å². The van der Waals surface area contributed by atoms with Gasteiger partial charge in [0, 0.05) is 29.1 Å². The molecule has 4 saturated heterocycles. The van der Waals surface area contributed by atoms with Gasteiger partial charge in [-0.1, -0.05) is 23.7 Å². The molecule has 4 heterocycles. The number of hydrogen-bond donors (Lipinski definition) is 1. The van der Waals surface area contributed by atoms with Crippen molar-refractivity contribution in [3.63, 3.8) is 0 Å². The first-order chi connectivity index (χ1) is 13.1. The van der Waals surface area contributed by atoms with Gasteiger partial charge in [-0.05, 0) is 73.8 Å². The second kappa shape index (κ2) is 6.54. The Morgan fingerprint density at radius 1 is 1.04 bits per heavy atom. The van der Waals surface area contributed by atoms with E-state index in [9.17, 15) is 9.90 Å². The van der Waals surface area contributed by atoms with E-state index in [2.05, 4.69) is 15.9 Å². The molecule has 6 rings (SSSR count). The summed E-state index contributed by atoms with van der Waals surface area (Å²) in [4.78, 5) is 18.0. The molecular formula is C22H23ClN2O2. The minimum atomic E-state index is 0.0954. The predicted octanol–water partition coefficient (Wildman–Crippen LogP) is 3.75. The van der Waals surface area contributed by atoms with Crippen molar-refractivity contribution >= 4 is 17.5 Å². The van der Waals surface area contributed by atoms with Crippen LogP contribution in [-0.2, 0) is 0 Å². The molecule has 2 aromatic carbocycles. The number of phenols is 1. The number of benzene rings is 2. The summed E-state index contributed by atoms with van der Waals surface area (Å²) in [5.74, 6) is 1.19. The maximum Gasteiger partial charge on any atom is 0.254 e. The summed E-state index contributed by atoms with van der Waals surface area (Å²) in [6.45, 7) is 2.93. The molecule has 4 nitrogen and oxygen atoms in total. The zero-order chi connectivity index (χ0) is 18.5. The largest absolute Gasteiger partial charge is 0.508 e. The molecule has 27 heavy (non-hydrogen) atoms. The molecule has 2 bridgehead atoms. The van der Waals surface area contributed by atoms with Crippen molar-refractivity contribution in [2.45, 2.75) is 30.8 Å². The van der Waals surface area contributed by atoms with Crippen molar-refractivity contribution in [1.82, 2.24) is 9.80 Å². The molecule has 4 fully saturated rings. The first kappa shape index (κ1) is 17.1. The summed E-state index contributed by atoms with van der Waals surface area (Å²) in [7, 11) is 0. The van der Waals surface area contributed by atoms with Crippen molar-refractivity contribution < 1.29 is 9.90 Å². The molecule has 0 saturated carbocycles. The molecule has 0 aliphatic carbocycles. The Labute approximate surface area is 164 Å². The SMILES string of the molecule is O=C(c1ccc(Cl)cc1)N1C[C@@H](c2cccc(O)c2)[C@@H]2[C@H]1C1CCN2CC1. The van der Waals surface area contributed by atoms with Crippen molar-refractivity contribution in [3.05, 3.63) is 64.7 Å². The van der Waals surface area contributed by atoms with Gasteiger partial charge in [-0.3, -0.25) is 9.69 Å². The van der Waals surface area contributed by atoms with E-state index in [1.54, 1.807) is 18.2 Å². The highest BCUT2D eigenvalue weighted by Gasteiger charge is 2.54. The van der Waals surface area contributed by atoms with E-state index >= 15 is 0 Å². The molecule has 5 heteroatoms. The van der Waals surface area contributed by atoms with E-state index in [0.29, 0.717) is 34.8 Å². The van der Waals surface area contributed by atoms with Crippen molar-refractivity contribution in [1.29, 1.82) is 0 Å². The Bertz CT molecular complexity index is 861. The number of phenolic OH excluding ortho intramolecular Hbond substituents is 1. The van der Waals surface area contributed by atoms with Crippen LogP contribution in [0, 0.1) is 5.92 Å². The van der Waals surface area contributed by atoms with Crippen LogP contribution in [0.5, 0.6) is 5.75 Å². The smallest absolute Gasteiger partial charge is 0.254 e. The number of likely N-dealkylation sites (tertiary alicyclic amines) is 1. The highest BCUT2D eigenvalue weighted by atomic mass is 35.5. The maximum absolute atomic E-state index is 13.3. The third-order valence-electron chi connectivity index (χ3n) is 6.64. The summed E-state index contributed by atoms with van der Waals surface area (Å²) in [6.07, 6.45) is 2.33. The summed E-state index contributed by atoms with van der Waals surface area (Å²) in [5.41, 5.74) is 1.83. The number of piperidine rings is 3. The fourth-order valence-electron chi connectivity index (χ4n) is 5.46. The van der Waals surface area contributed by atoms with Gasteiger partial charge < -0.3 is 10.0 Å². The lowest BCUT2D eigenvalue weighted by Gasteiger charge is -2.51. The standard InChI is InChI=1S/C22H23ClN2O2/c23-17-6-4-15(5-7-17)22(27)25-13-19(16-2-1-3-18(26)12-16)21-20(25)14-8-10-24(21)11-9-14/h1-7,12,14,19-21,26H,8-11,13H2/t19-,20+,21+/m0/s1. The number of fused-ring (bicyclic) bond motifs is 2. The van der Waals surface area contributed by atoms with Gasteiger partial charge in [-0.15, -0.1) is 0 Å². The fraction of sp³-hybridized carbons (Fsp3) is 0.409. The fourth-order valence-corrected chi connectivity index (χ4v) is 5.59. The van der Waals surface area contributed by atoms with Crippen LogP contribution >= 0.6 is 11.6 Å². The van der Waals surface area contributed by atoms with Crippen LogP contribution in [0.1, 0.15) is 34.7 Å². The number of carbonyl (C=O) groups excluding carboxylic acids is 1. The number of halogens is 1. The van der Waals surface area contributed by atoms with E-state index in [4.69, 9.17) is 11.6 Å². The Kier molecular flexibility index (Phi) is 4.14. The second-order valence-electron chi connectivity index (χ2n) is 8.02. The van der Waals surface area contributed by atoms with Crippen LogP contribution in [0.4, 0.5) is 0 Å². The topological polar surface area (TPSA) is 43.8 Å². The summed E-state index contributed by atoms with van der Waals surface area (Å²) in [6, 6.07) is 15.4. The quantitative estimate of drug-likeness (QED) is 0.860. The lowest BCUT2D eigenvalue weighted by molar-refractivity contribution is -0.00341. The molecule has 3 atom stereocenters. The highest BCUT2D eigenvalue weighted by molar-refractivity contribution is 6.30. The molecule has 4 aliphatic heterocycles. The highest BCUT2D eigenvalue weighted by Crippen LogP contribution is 2.47. The number of hydrogen-bond acceptors (Lipinski definition) is 3. The number of carbonyl (C=O) groups is 1. The lowest BCUT2D eigenvalue weighted by Crippen LogP contribution is -2.60. The van der Waals surface area contributed by atoms with Crippen molar-refractivity contribution in [2.75, 3.05) is 19.6 Å². The van der Waals surface area contributed by atoms with Crippen molar-refractivity contribution in [3.8, 4) is 5.75 Å². The van der Waals surface area contributed by atoms with Crippen LogP contribution in [0.3, 0.4) is 0 Å². The van der Waals surface area contributed by atoms with Crippen LogP contribution in [0.15, 0.2) is 48.5 Å². The molecule has 4 aliphatic rings. The molecule has 2 aromatic rings. The molecule has 1 N–H and O–H groups in total. The molecule has 1 amide bonds. The molecule has 0 spiro atoms.